The first-order valence-corrected chi connectivity index (χ1v) is 10.9. The Morgan fingerprint density at radius 3 is 1.16 bits per heavy atom. The summed E-state index contributed by atoms with van der Waals surface area (Å²) in [6, 6.07) is 0. The van der Waals surface area contributed by atoms with Crippen LogP contribution in [0.5, 0.6) is 0 Å². The second-order valence-electron chi connectivity index (χ2n) is 11.4. The van der Waals surface area contributed by atoms with Crippen LogP contribution in [-0.2, 0) is 9.78 Å². The van der Waals surface area contributed by atoms with E-state index >= 15 is 0 Å². The van der Waals surface area contributed by atoms with Gasteiger partial charge in [0.15, 0.2) is 0 Å². The van der Waals surface area contributed by atoms with E-state index in [4.69, 9.17) is 9.78 Å². The molecule has 0 aromatic heterocycles. The van der Waals surface area contributed by atoms with Gasteiger partial charge in [-0.3, -0.25) is 0 Å². The van der Waals surface area contributed by atoms with Crippen LogP contribution in [0, 0.1) is 29.1 Å². The molecule has 5 aliphatic rings. The van der Waals surface area contributed by atoms with Crippen molar-refractivity contribution in [2.45, 2.75) is 117 Å². The molecule has 2 nitrogen and oxygen atoms in total. The third kappa shape index (κ3) is 4.80. The summed E-state index contributed by atoms with van der Waals surface area (Å²) < 4.78 is 0. The maximum atomic E-state index is 6.02. The van der Waals surface area contributed by atoms with Crippen LogP contribution in [0.15, 0.2) is 0 Å². The van der Waals surface area contributed by atoms with Crippen LogP contribution in [-0.4, -0.2) is 11.2 Å². The summed E-state index contributed by atoms with van der Waals surface area (Å²) >= 11 is 0. The fourth-order valence-corrected chi connectivity index (χ4v) is 6.24. The van der Waals surface area contributed by atoms with Gasteiger partial charge >= 0.3 is 0 Å². The van der Waals surface area contributed by atoms with Crippen LogP contribution in [0.2, 0.25) is 0 Å². The predicted octanol–water partition coefficient (Wildman–Crippen LogP) is 6.92. The van der Waals surface area contributed by atoms with Crippen molar-refractivity contribution in [3.8, 4) is 0 Å². The first kappa shape index (κ1) is 19.7. The van der Waals surface area contributed by atoms with Gasteiger partial charge in [-0.2, -0.15) is 0 Å². The quantitative estimate of drug-likeness (QED) is 0.441. The highest BCUT2D eigenvalue weighted by Crippen LogP contribution is 2.51. The van der Waals surface area contributed by atoms with Crippen LogP contribution >= 0.6 is 0 Å². The third-order valence-electron chi connectivity index (χ3n) is 7.85. The molecule has 2 aliphatic carbocycles. The second kappa shape index (κ2) is 7.15. The van der Waals surface area contributed by atoms with Gasteiger partial charge in [0.05, 0.1) is 11.2 Å². The summed E-state index contributed by atoms with van der Waals surface area (Å²) in [5.41, 5.74) is 0.166. The molecule has 3 heterocycles. The summed E-state index contributed by atoms with van der Waals surface area (Å²) in [5, 5.41) is 0. The highest BCUT2D eigenvalue weighted by atomic mass is 17.2. The Labute approximate surface area is 156 Å². The summed E-state index contributed by atoms with van der Waals surface area (Å²) in [6.07, 6.45) is 13.4. The van der Waals surface area contributed by atoms with E-state index in [9.17, 15) is 0 Å². The van der Waals surface area contributed by atoms with E-state index < -0.39 is 0 Å². The molecule has 2 heteroatoms. The van der Waals surface area contributed by atoms with Crippen molar-refractivity contribution in [2.75, 3.05) is 0 Å². The van der Waals surface area contributed by atoms with Crippen molar-refractivity contribution < 1.29 is 9.78 Å². The molecule has 4 bridgehead atoms. The Hall–Kier alpha value is -0.0800. The summed E-state index contributed by atoms with van der Waals surface area (Å²) in [4.78, 5) is 12.0. The van der Waals surface area contributed by atoms with Crippen molar-refractivity contribution in [1.82, 2.24) is 0 Å². The normalized spacial score (nSPS) is 41.0. The van der Waals surface area contributed by atoms with Crippen LogP contribution in [0.4, 0.5) is 0 Å². The fourth-order valence-electron chi connectivity index (χ4n) is 6.24. The van der Waals surface area contributed by atoms with Gasteiger partial charge in [0, 0.05) is 0 Å². The predicted molar refractivity (Wildman–Crippen MR) is 104 cm³/mol. The lowest BCUT2D eigenvalue weighted by molar-refractivity contribution is -0.405. The topological polar surface area (TPSA) is 18.5 Å². The Morgan fingerprint density at radius 2 is 0.840 bits per heavy atom. The van der Waals surface area contributed by atoms with Crippen molar-refractivity contribution in [3.63, 3.8) is 0 Å². The van der Waals surface area contributed by atoms with Crippen molar-refractivity contribution in [2.24, 2.45) is 29.1 Å². The van der Waals surface area contributed by atoms with Crippen LogP contribution in [0.1, 0.15) is 106 Å². The second-order valence-corrected chi connectivity index (χ2v) is 11.4. The van der Waals surface area contributed by atoms with Gasteiger partial charge in [0.25, 0.3) is 0 Å². The lowest BCUT2D eigenvalue weighted by Gasteiger charge is -2.47. The van der Waals surface area contributed by atoms with Crippen molar-refractivity contribution in [3.05, 3.63) is 0 Å². The maximum absolute atomic E-state index is 6.02. The molecule has 0 atom stereocenters. The Bertz CT molecular complexity index is 395. The van der Waals surface area contributed by atoms with E-state index in [1.54, 1.807) is 0 Å². The van der Waals surface area contributed by atoms with E-state index in [1.807, 2.05) is 0 Å². The van der Waals surface area contributed by atoms with Gasteiger partial charge in [-0.05, 0) is 95.3 Å². The van der Waals surface area contributed by atoms with Crippen LogP contribution < -0.4 is 0 Å². The zero-order valence-electron chi connectivity index (χ0n) is 17.7. The first-order chi connectivity index (χ1) is 11.6. The standard InChI is InChI=1S/C23H42O2/c1-21(2)15-17-7-11-19(12-8-17)23(5,6)20-13-9-18(10-14-20)16-22(3,4)25-24-21/h17-20H,7-16H2,1-6H3. The molecule has 25 heavy (non-hydrogen) atoms. The minimum atomic E-state index is -0.178. The molecule has 5 fully saturated rings. The number of hydrogen-bond acceptors (Lipinski definition) is 2. The fraction of sp³-hybridized carbons (Fsp3) is 1.00. The molecule has 0 unspecified atom stereocenters. The van der Waals surface area contributed by atoms with Crippen LogP contribution in [0.3, 0.4) is 0 Å². The minimum absolute atomic E-state index is 0.178. The Morgan fingerprint density at radius 1 is 0.520 bits per heavy atom. The van der Waals surface area contributed by atoms with E-state index in [-0.39, 0.29) is 11.2 Å². The molecule has 0 aromatic rings. The molecule has 146 valence electrons. The minimum Gasteiger partial charge on any atom is -0.230 e. The van der Waals surface area contributed by atoms with E-state index in [2.05, 4.69) is 41.5 Å². The monoisotopic (exact) mass is 350 g/mol. The van der Waals surface area contributed by atoms with Gasteiger partial charge in [0.2, 0.25) is 0 Å². The first-order valence-electron chi connectivity index (χ1n) is 10.9. The molecular weight excluding hydrogens is 308 g/mol. The van der Waals surface area contributed by atoms with Gasteiger partial charge in [-0.15, -0.1) is 0 Å². The highest BCUT2D eigenvalue weighted by molar-refractivity contribution is 4.92. The van der Waals surface area contributed by atoms with Gasteiger partial charge in [0.1, 0.15) is 0 Å². The molecule has 0 amide bonds. The average molecular weight is 351 g/mol. The SMILES string of the molecule is CC1(C)CC2CCC(CC2)C(C)(C)C2CCC(CC2)CC(C)(C)OO1. The summed E-state index contributed by atoms with van der Waals surface area (Å²) in [5.74, 6) is 3.45. The van der Waals surface area contributed by atoms with Crippen molar-refractivity contribution >= 4 is 0 Å². The molecule has 0 radical (unpaired) electrons. The van der Waals surface area contributed by atoms with Gasteiger partial charge in [-0.25, -0.2) is 9.78 Å². The maximum Gasteiger partial charge on any atom is 0.0983 e. The van der Waals surface area contributed by atoms with Gasteiger partial charge in [-0.1, -0.05) is 39.5 Å². The number of rotatable bonds is 0. The summed E-state index contributed by atoms with van der Waals surface area (Å²) in [7, 11) is 0. The molecule has 2 saturated carbocycles. The molecule has 3 saturated heterocycles. The molecule has 0 N–H and O–H groups in total. The summed E-state index contributed by atoms with van der Waals surface area (Å²) in [6.45, 7) is 14.0. The largest absolute Gasteiger partial charge is 0.230 e. The number of hydrogen-bond donors (Lipinski definition) is 0. The average Bonchev–Trinajstić information content (AvgIpc) is 2.53. The Balaban J connectivity index is 1.78. The lowest BCUT2D eigenvalue weighted by Crippen LogP contribution is -2.38. The van der Waals surface area contributed by atoms with E-state index in [0.29, 0.717) is 5.41 Å². The zero-order valence-corrected chi connectivity index (χ0v) is 17.7. The van der Waals surface area contributed by atoms with E-state index in [1.165, 1.54) is 51.4 Å². The number of fused-ring (bicyclic) bond motifs is 2. The molecule has 0 spiro atoms. The lowest BCUT2D eigenvalue weighted by atomic mass is 9.58. The Kier molecular flexibility index (Phi) is 5.63. The molecule has 0 aromatic carbocycles. The van der Waals surface area contributed by atoms with Crippen LogP contribution in [0.25, 0.3) is 0 Å². The smallest absolute Gasteiger partial charge is 0.0983 e. The third-order valence-corrected chi connectivity index (χ3v) is 7.85. The molecule has 3 aliphatic heterocycles. The highest BCUT2D eigenvalue weighted by Gasteiger charge is 2.42. The zero-order chi connectivity index (χ0) is 18.3. The van der Waals surface area contributed by atoms with Gasteiger partial charge < -0.3 is 0 Å². The van der Waals surface area contributed by atoms with Crippen molar-refractivity contribution in [1.29, 1.82) is 0 Å². The molecular formula is C23H42O2. The van der Waals surface area contributed by atoms with E-state index in [0.717, 1.165) is 36.5 Å². The molecule has 5 rings (SSSR count).